The smallest absolute Gasteiger partial charge is 0.189 e. The fraction of sp³-hybridized carbons (Fsp3) is 0.350. The molecule has 0 radical (unpaired) electrons. The van der Waals surface area contributed by atoms with Gasteiger partial charge in [-0.2, -0.15) is 0 Å². The highest BCUT2D eigenvalue weighted by Crippen LogP contribution is 2.27. The average Bonchev–Trinajstić information content (AvgIpc) is 2.68. The number of rotatable bonds is 9. The molecule has 0 saturated carbocycles. The van der Waals surface area contributed by atoms with Gasteiger partial charge in [0.2, 0.25) is 0 Å². The van der Waals surface area contributed by atoms with Gasteiger partial charge in [0.15, 0.2) is 17.5 Å². The van der Waals surface area contributed by atoms with Crippen LogP contribution in [-0.4, -0.2) is 44.5 Å². The van der Waals surface area contributed by atoms with E-state index < -0.39 is 6.10 Å². The lowest BCUT2D eigenvalue weighted by Gasteiger charge is -2.14. The summed E-state index contributed by atoms with van der Waals surface area (Å²) in [6.07, 6.45) is -0.708. The second kappa shape index (κ2) is 10.3. The minimum Gasteiger partial charge on any atom is -0.493 e. The van der Waals surface area contributed by atoms with E-state index in [4.69, 9.17) is 19.9 Å². The molecule has 1 unspecified atom stereocenters. The summed E-state index contributed by atoms with van der Waals surface area (Å²) in [5.41, 5.74) is 7.89. The molecule has 2 aromatic carbocycles. The number of aliphatic hydroxyl groups is 1. The van der Waals surface area contributed by atoms with Crippen molar-refractivity contribution >= 4 is 5.96 Å². The molecule has 4 N–H and O–H groups in total. The minimum absolute atomic E-state index is 0.166. The van der Waals surface area contributed by atoms with Crippen LogP contribution in [0.4, 0.5) is 0 Å². The van der Waals surface area contributed by atoms with Crippen molar-refractivity contribution in [3.63, 3.8) is 0 Å². The van der Waals surface area contributed by atoms with Gasteiger partial charge in [-0.25, -0.2) is 4.99 Å². The maximum atomic E-state index is 10.0. The Morgan fingerprint density at radius 3 is 2.63 bits per heavy atom. The van der Waals surface area contributed by atoms with Crippen molar-refractivity contribution in [1.29, 1.82) is 0 Å². The number of aliphatic hydroxyl groups excluding tert-OH is 1. The molecule has 0 aliphatic heterocycles. The molecule has 7 nitrogen and oxygen atoms in total. The lowest BCUT2D eigenvalue weighted by atomic mass is 10.2. The zero-order valence-electron chi connectivity index (χ0n) is 15.9. The van der Waals surface area contributed by atoms with E-state index in [0.717, 1.165) is 16.9 Å². The van der Waals surface area contributed by atoms with Gasteiger partial charge in [0.25, 0.3) is 0 Å². The van der Waals surface area contributed by atoms with Gasteiger partial charge in [-0.15, -0.1) is 0 Å². The molecule has 7 heteroatoms. The van der Waals surface area contributed by atoms with E-state index in [1.807, 2.05) is 49.4 Å². The van der Waals surface area contributed by atoms with Crippen LogP contribution in [-0.2, 0) is 6.54 Å². The van der Waals surface area contributed by atoms with E-state index in [1.54, 1.807) is 14.2 Å². The number of benzene rings is 2. The predicted molar refractivity (Wildman–Crippen MR) is 106 cm³/mol. The summed E-state index contributed by atoms with van der Waals surface area (Å²) in [7, 11) is 3.17. The van der Waals surface area contributed by atoms with E-state index in [9.17, 15) is 5.11 Å². The fourth-order valence-corrected chi connectivity index (χ4v) is 2.39. The first-order valence-electron chi connectivity index (χ1n) is 8.64. The number of aryl methyl sites for hydroxylation is 1. The summed E-state index contributed by atoms with van der Waals surface area (Å²) in [5.74, 6) is 2.28. The molecule has 0 spiro atoms. The second-order valence-electron chi connectivity index (χ2n) is 6.05. The molecule has 27 heavy (non-hydrogen) atoms. The SMILES string of the molecule is COc1ccc(CN=C(N)NCC(O)COc2cccc(C)c2)cc1OC. The van der Waals surface area contributed by atoms with Crippen molar-refractivity contribution in [1.82, 2.24) is 5.32 Å². The fourth-order valence-electron chi connectivity index (χ4n) is 2.39. The Bertz CT molecular complexity index is 765. The van der Waals surface area contributed by atoms with Gasteiger partial charge in [-0.05, 0) is 42.3 Å². The minimum atomic E-state index is -0.708. The summed E-state index contributed by atoms with van der Waals surface area (Å²) in [6.45, 7) is 2.78. The van der Waals surface area contributed by atoms with Gasteiger partial charge in [0, 0.05) is 6.54 Å². The molecule has 2 rings (SSSR count). The van der Waals surface area contributed by atoms with Crippen molar-refractivity contribution < 1.29 is 19.3 Å². The first-order chi connectivity index (χ1) is 13.0. The molecule has 0 amide bonds. The quantitative estimate of drug-likeness (QED) is 0.458. The van der Waals surface area contributed by atoms with Crippen molar-refractivity contribution in [2.45, 2.75) is 19.6 Å². The van der Waals surface area contributed by atoms with Gasteiger partial charge in [-0.3, -0.25) is 0 Å². The highest BCUT2D eigenvalue weighted by Gasteiger charge is 2.07. The molecule has 0 bridgehead atoms. The number of ether oxygens (including phenoxy) is 3. The van der Waals surface area contributed by atoms with E-state index in [1.165, 1.54) is 0 Å². The summed E-state index contributed by atoms with van der Waals surface area (Å²) in [5, 5.41) is 12.9. The molecule has 0 aromatic heterocycles. The normalized spacial score (nSPS) is 12.4. The van der Waals surface area contributed by atoms with Crippen LogP contribution in [0, 0.1) is 6.92 Å². The van der Waals surface area contributed by atoms with E-state index in [0.29, 0.717) is 18.0 Å². The maximum Gasteiger partial charge on any atom is 0.189 e. The van der Waals surface area contributed by atoms with E-state index >= 15 is 0 Å². The van der Waals surface area contributed by atoms with Crippen LogP contribution in [0.5, 0.6) is 17.2 Å². The predicted octanol–water partition coefficient (Wildman–Crippen LogP) is 1.86. The zero-order chi connectivity index (χ0) is 19.6. The summed E-state index contributed by atoms with van der Waals surface area (Å²) >= 11 is 0. The lowest BCUT2D eigenvalue weighted by molar-refractivity contribution is 0.110. The topological polar surface area (TPSA) is 98.3 Å². The third kappa shape index (κ3) is 6.71. The Morgan fingerprint density at radius 2 is 1.93 bits per heavy atom. The standard InChI is InChI=1S/C20H27N3O4/c1-14-5-4-6-17(9-14)27-13-16(24)12-23-20(21)22-11-15-7-8-18(25-2)19(10-15)26-3/h4-10,16,24H,11-13H2,1-3H3,(H3,21,22,23). The van der Waals surface area contributed by atoms with Gasteiger partial charge < -0.3 is 30.4 Å². The summed E-state index contributed by atoms with van der Waals surface area (Å²) in [6, 6.07) is 13.2. The van der Waals surface area contributed by atoms with Crippen LogP contribution in [0.3, 0.4) is 0 Å². The Hall–Kier alpha value is -2.93. The maximum absolute atomic E-state index is 10.0. The van der Waals surface area contributed by atoms with Gasteiger partial charge in [-0.1, -0.05) is 18.2 Å². The Morgan fingerprint density at radius 1 is 1.15 bits per heavy atom. The Kier molecular flexibility index (Phi) is 7.76. The number of hydrogen-bond donors (Lipinski definition) is 3. The van der Waals surface area contributed by atoms with Crippen molar-refractivity contribution in [3.05, 3.63) is 53.6 Å². The number of hydrogen-bond acceptors (Lipinski definition) is 5. The van der Waals surface area contributed by atoms with Crippen molar-refractivity contribution in [2.75, 3.05) is 27.4 Å². The van der Waals surface area contributed by atoms with Crippen LogP contribution >= 0.6 is 0 Å². The van der Waals surface area contributed by atoms with Gasteiger partial charge in [0.05, 0.1) is 20.8 Å². The summed E-state index contributed by atoms with van der Waals surface area (Å²) in [4.78, 5) is 4.26. The molecule has 2 aromatic rings. The van der Waals surface area contributed by atoms with Gasteiger partial charge in [0.1, 0.15) is 18.5 Å². The van der Waals surface area contributed by atoms with Crippen LogP contribution in [0.2, 0.25) is 0 Å². The molecular formula is C20H27N3O4. The van der Waals surface area contributed by atoms with Crippen LogP contribution < -0.4 is 25.3 Å². The summed E-state index contributed by atoms with van der Waals surface area (Å²) < 4.78 is 16.0. The van der Waals surface area contributed by atoms with Crippen LogP contribution in [0.25, 0.3) is 0 Å². The Balaban J connectivity index is 1.78. The number of guanidine groups is 1. The number of nitrogens with one attached hydrogen (secondary N) is 1. The van der Waals surface area contributed by atoms with E-state index in [2.05, 4.69) is 10.3 Å². The molecule has 146 valence electrons. The molecule has 0 saturated heterocycles. The number of methoxy groups -OCH3 is 2. The average molecular weight is 373 g/mol. The first-order valence-corrected chi connectivity index (χ1v) is 8.64. The van der Waals surface area contributed by atoms with Crippen LogP contribution in [0.15, 0.2) is 47.5 Å². The molecular weight excluding hydrogens is 346 g/mol. The number of nitrogens with zero attached hydrogens (tertiary/aromatic N) is 1. The van der Waals surface area contributed by atoms with Gasteiger partial charge >= 0.3 is 0 Å². The molecule has 0 aliphatic rings. The molecule has 0 aliphatic carbocycles. The number of aliphatic imine (C=N–C) groups is 1. The highest BCUT2D eigenvalue weighted by atomic mass is 16.5. The van der Waals surface area contributed by atoms with Crippen molar-refractivity contribution in [3.8, 4) is 17.2 Å². The largest absolute Gasteiger partial charge is 0.493 e. The molecule has 0 heterocycles. The monoisotopic (exact) mass is 373 g/mol. The van der Waals surface area contributed by atoms with E-state index in [-0.39, 0.29) is 19.1 Å². The lowest BCUT2D eigenvalue weighted by Crippen LogP contribution is -2.39. The second-order valence-corrected chi connectivity index (χ2v) is 6.05. The third-order valence-corrected chi connectivity index (χ3v) is 3.83. The molecule has 1 atom stereocenters. The number of nitrogens with two attached hydrogens (primary N) is 1. The van der Waals surface area contributed by atoms with Crippen LogP contribution in [0.1, 0.15) is 11.1 Å². The first kappa shape index (κ1) is 20.4. The van der Waals surface area contributed by atoms with Crippen molar-refractivity contribution in [2.24, 2.45) is 10.7 Å². The molecule has 0 fully saturated rings. The zero-order valence-corrected chi connectivity index (χ0v) is 15.9. The highest BCUT2D eigenvalue weighted by molar-refractivity contribution is 5.77. The third-order valence-electron chi connectivity index (χ3n) is 3.83. The Labute approximate surface area is 159 Å².